The van der Waals surface area contributed by atoms with E-state index in [9.17, 15) is 4.79 Å². The average Bonchev–Trinajstić information content (AvgIpc) is 3.32. The van der Waals surface area contributed by atoms with Gasteiger partial charge in [-0.1, -0.05) is 18.2 Å². The SMILES string of the molecule is Cc1oc(-c2ccccc2)nc1C(=O)N1CCCC(C2OCCO2)C1. The van der Waals surface area contributed by atoms with Gasteiger partial charge in [-0.25, -0.2) is 4.98 Å². The summed E-state index contributed by atoms with van der Waals surface area (Å²) in [5.41, 5.74) is 1.27. The zero-order valence-electron chi connectivity index (χ0n) is 14.3. The zero-order chi connectivity index (χ0) is 17.2. The topological polar surface area (TPSA) is 64.8 Å². The van der Waals surface area contributed by atoms with Crippen LogP contribution in [0, 0.1) is 12.8 Å². The summed E-state index contributed by atoms with van der Waals surface area (Å²) in [5, 5.41) is 0. The first-order chi connectivity index (χ1) is 12.2. The van der Waals surface area contributed by atoms with Gasteiger partial charge in [0.25, 0.3) is 5.91 Å². The predicted molar refractivity (Wildman–Crippen MR) is 91.0 cm³/mol. The highest BCUT2D eigenvalue weighted by atomic mass is 16.7. The number of hydrogen-bond donors (Lipinski definition) is 0. The van der Waals surface area contributed by atoms with E-state index < -0.39 is 0 Å². The second-order valence-electron chi connectivity index (χ2n) is 6.55. The van der Waals surface area contributed by atoms with Gasteiger partial charge in [-0.15, -0.1) is 0 Å². The molecule has 2 aliphatic rings. The van der Waals surface area contributed by atoms with Gasteiger partial charge in [-0.3, -0.25) is 4.79 Å². The molecule has 0 N–H and O–H groups in total. The summed E-state index contributed by atoms with van der Waals surface area (Å²) < 4.78 is 17.0. The summed E-state index contributed by atoms with van der Waals surface area (Å²) in [6.07, 6.45) is 1.78. The Balaban J connectivity index is 1.51. The molecule has 2 aliphatic heterocycles. The number of oxazole rings is 1. The second kappa shape index (κ2) is 6.98. The zero-order valence-corrected chi connectivity index (χ0v) is 14.3. The molecule has 0 saturated carbocycles. The lowest BCUT2D eigenvalue weighted by atomic mass is 9.97. The molecule has 0 aliphatic carbocycles. The molecule has 132 valence electrons. The molecule has 3 heterocycles. The van der Waals surface area contributed by atoms with E-state index >= 15 is 0 Å². The summed E-state index contributed by atoms with van der Waals surface area (Å²) in [6, 6.07) is 9.63. The van der Waals surface area contributed by atoms with Crippen molar-refractivity contribution in [1.82, 2.24) is 9.88 Å². The van der Waals surface area contributed by atoms with Gasteiger partial charge in [-0.05, 0) is 31.9 Å². The number of ether oxygens (including phenoxy) is 2. The molecule has 0 bridgehead atoms. The van der Waals surface area contributed by atoms with Crippen molar-refractivity contribution in [3.63, 3.8) is 0 Å². The van der Waals surface area contributed by atoms with Crippen LogP contribution in [0.3, 0.4) is 0 Å². The number of carbonyl (C=O) groups is 1. The van der Waals surface area contributed by atoms with Crippen molar-refractivity contribution in [2.45, 2.75) is 26.1 Å². The molecule has 1 aromatic heterocycles. The average molecular weight is 342 g/mol. The molecule has 2 aromatic rings. The second-order valence-corrected chi connectivity index (χ2v) is 6.55. The quantitative estimate of drug-likeness (QED) is 0.858. The van der Waals surface area contributed by atoms with Crippen LogP contribution in [0.25, 0.3) is 11.5 Å². The molecular formula is C19H22N2O4. The van der Waals surface area contributed by atoms with Crippen molar-refractivity contribution in [3.05, 3.63) is 41.8 Å². The number of hydrogen-bond acceptors (Lipinski definition) is 5. The number of aryl methyl sites for hydroxylation is 1. The van der Waals surface area contributed by atoms with Gasteiger partial charge in [-0.2, -0.15) is 0 Å². The van der Waals surface area contributed by atoms with Crippen LogP contribution in [0.15, 0.2) is 34.7 Å². The van der Waals surface area contributed by atoms with Crippen LogP contribution < -0.4 is 0 Å². The third-order valence-electron chi connectivity index (χ3n) is 4.80. The van der Waals surface area contributed by atoms with E-state index in [-0.39, 0.29) is 18.1 Å². The van der Waals surface area contributed by atoms with Crippen molar-refractivity contribution in [1.29, 1.82) is 0 Å². The third kappa shape index (κ3) is 3.32. The van der Waals surface area contributed by atoms with Gasteiger partial charge in [0.2, 0.25) is 5.89 Å². The molecule has 25 heavy (non-hydrogen) atoms. The highest BCUT2D eigenvalue weighted by Gasteiger charge is 2.34. The van der Waals surface area contributed by atoms with Crippen LogP contribution in [-0.4, -0.2) is 48.4 Å². The van der Waals surface area contributed by atoms with Crippen LogP contribution >= 0.6 is 0 Å². The summed E-state index contributed by atoms with van der Waals surface area (Å²) in [6.45, 7) is 4.43. The molecule has 6 nitrogen and oxygen atoms in total. The standard InChI is InChI=1S/C19H22N2O4/c1-13-16(20-17(25-13)14-6-3-2-4-7-14)18(22)21-9-5-8-15(12-21)19-23-10-11-24-19/h2-4,6-7,15,19H,5,8-12H2,1H3. The van der Waals surface area contributed by atoms with Gasteiger partial charge < -0.3 is 18.8 Å². The summed E-state index contributed by atoms with van der Waals surface area (Å²) in [4.78, 5) is 19.3. The van der Waals surface area contributed by atoms with Crippen molar-refractivity contribution < 1.29 is 18.7 Å². The Kier molecular flexibility index (Phi) is 4.55. The normalized spacial score (nSPS) is 21.6. The van der Waals surface area contributed by atoms with Crippen molar-refractivity contribution in [2.75, 3.05) is 26.3 Å². The number of piperidine rings is 1. The first kappa shape index (κ1) is 16.3. The molecule has 1 aromatic carbocycles. The molecule has 0 spiro atoms. The summed E-state index contributed by atoms with van der Waals surface area (Å²) in [5.74, 6) is 1.18. The maximum Gasteiger partial charge on any atom is 0.276 e. The van der Waals surface area contributed by atoms with Gasteiger partial charge >= 0.3 is 0 Å². The Hall–Kier alpha value is -2.18. The van der Waals surface area contributed by atoms with Crippen molar-refractivity contribution >= 4 is 5.91 Å². The minimum atomic E-state index is -0.186. The van der Waals surface area contributed by atoms with Crippen molar-refractivity contribution in [2.24, 2.45) is 5.92 Å². The van der Waals surface area contributed by atoms with Crippen LogP contribution in [0.2, 0.25) is 0 Å². The number of likely N-dealkylation sites (tertiary alicyclic amines) is 1. The Morgan fingerprint density at radius 2 is 1.96 bits per heavy atom. The number of benzene rings is 1. The summed E-state index contributed by atoms with van der Waals surface area (Å²) >= 11 is 0. The Morgan fingerprint density at radius 3 is 2.72 bits per heavy atom. The Bertz CT molecular complexity index is 737. The largest absolute Gasteiger partial charge is 0.441 e. The Labute approximate surface area is 146 Å². The first-order valence-electron chi connectivity index (χ1n) is 8.77. The highest BCUT2D eigenvalue weighted by Crippen LogP contribution is 2.27. The maximum atomic E-state index is 12.9. The number of carbonyl (C=O) groups excluding carboxylic acids is 1. The molecule has 1 amide bonds. The van der Waals surface area contributed by atoms with E-state index in [0.717, 1.165) is 24.9 Å². The van der Waals surface area contributed by atoms with Crippen molar-refractivity contribution in [3.8, 4) is 11.5 Å². The van der Waals surface area contributed by atoms with Crippen LogP contribution in [0.4, 0.5) is 0 Å². The monoisotopic (exact) mass is 342 g/mol. The highest BCUT2D eigenvalue weighted by molar-refractivity contribution is 5.93. The van der Waals surface area contributed by atoms with E-state index in [1.165, 1.54) is 0 Å². The molecule has 2 fully saturated rings. The number of nitrogens with zero attached hydrogens (tertiary/aromatic N) is 2. The first-order valence-corrected chi connectivity index (χ1v) is 8.77. The lowest BCUT2D eigenvalue weighted by molar-refractivity contribution is -0.0969. The summed E-state index contributed by atoms with van der Waals surface area (Å²) in [7, 11) is 0. The van der Waals surface area contributed by atoms with Crippen LogP contribution in [0.5, 0.6) is 0 Å². The number of rotatable bonds is 3. The number of amides is 1. The Morgan fingerprint density at radius 1 is 1.20 bits per heavy atom. The molecule has 1 atom stereocenters. The maximum absolute atomic E-state index is 12.9. The lowest BCUT2D eigenvalue weighted by Crippen LogP contribution is -2.44. The molecule has 0 radical (unpaired) electrons. The molecule has 6 heteroatoms. The lowest BCUT2D eigenvalue weighted by Gasteiger charge is -2.34. The van der Waals surface area contributed by atoms with E-state index in [4.69, 9.17) is 13.9 Å². The van der Waals surface area contributed by atoms with E-state index in [1.54, 1.807) is 6.92 Å². The fourth-order valence-electron chi connectivity index (χ4n) is 3.51. The fraction of sp³-hybridized carbons (Fsp3) is 0.474. The van der Waals surface area contributed by atoms with Crippen LogP contribution in [0.1, 0.15) is 29.1 Å². The molecule has 2 saturated heterocycles. The van der Waals surface area contributed by atoms with E-state index in [2.05, 4.69) is 4.98 Å². The fourth-order valence-corrected chi connectivity index (χ4v) is 3.51. The van der Waals surface area contributed by atoms with Gasteiger partial charge in [0.15, 0.2) is 12.0 Å². The smallest absolute Gasteiger partial charge is 0.276 e. The van der Waals surface area contributed by atoms with E-state index in [1.807, 2.05) is 35.2 Å². The molecule has 4 rings (SSSR count). The van der Waals surface area contributed by atoms with E-state index in [0.29, 0.717) is 37.1 Å². The van der Waals surface area contributed by atoms with Crippen LogP contribution in [-0.2, 0) is 9.47 Å². The molecular weight excluding hydrogens is 320 g/mol. The van der Waals surface area contributed by atoms with Gasteiger partial charge in [0, 0.05) is 24.6 Å². The van der Waals surface area contributed by atoms with Gasteiger partial charge in [0.1, 0.15) is 5.76 Å². The molecule has 1 unspecified atom stereocenters. The van der Waals surface area contributed by atoms with Gasteiger partial charge in [0.05, 0.1) is 13.2 Å². The predicted octanol–water partition coefficient (Wildman–Crippen LogP) is 2.88. The number of aromatic nitrogens is 1. The minimum absolute atomic E-state index is 0.0777. The minimum Gasteiger partial charge on any atom is -0.441 e. The third-order valence-corrected chi connectivity index (χ3v) is 4.80.